The van der Waals surface area contributed by atoms with Crippen molar-refractivity contribution in [1.82, 2.24) is 0 Å². The van der Waals surface area contributed by atoms with E-state index in [1.165, 1.54) is 12.1 Å². The predicted octanol–water partition coefficient (Wildman–Crippen LogP) is 4.89. The van der Waals surface area contributed by atoms with Crippen molar-refractivity contribution < 1.29 is 32.3 Å². The Balaban J connectivity index is 1.87. The van der Waals surface area contributed by atoms with Crippen molar-refractivity contribution in [2.24, 2.45) is 0 Å². The molecule has 1 saturated heterocycles. The quantitative estimate of drug-likeness (QED) is 0.580. The van der Waals surface area contributed by atoms with Crippen LogP contribution in [0.2, 0.25) is 0 Å². The van der Waals surface area contributed by atoms with Gasteiger partial charge in [0.2, 0.25) is 11.2 Å². The van der Waals surface area contributed by atoms with Crippen molar-refractivity contribution in [3.63, 3.8) is 0 Å². The van der Waals surface area contributed by atoms with Crippen molar-refractivity contribution >= 4 is 11.0 Å². The van der Waals surface area contributed by atoms with E-state index in [9.17, 15) is 23.1 Å². The normalized spacial score (nSPS) is 15.5. The molecule has 0 saturated carbocycles. The molecule has 0 bridgehead atoms. The summed E-state index contributed by atoms with van der Waals surface area (Å²) in [6.45, 7) is 5.54. The smallest absolute Gasteiger partial charge is 0.453 e. The average Bonchev–Trinajstić information content (AvgIpc) is 2.99. The maximum Gasteiger partial charge on any atom is 0.453 e. The Morgan fingerprint density at radius 3 is 2.27 bits per heavy atom. The molecule has 3 aromatic rings. The number of ether oxygens (including phenoxy) is 1. The van der Waals surface area contributed by atoms with Crippen LogP contribution in [0, 0.1) is 13.8 Å². The van der Waals surface area contributed by atoms with Crippen molar-refractivity contribution in [3.05, 3.63) is 63.0 Å². The molecule has 0 unspecified atom stereocenters. The average molecular weight is 462 g/mol. The second-order valence-corrected chi connectivity index (χ2v) is 8.79. The highest BCUT2D eigenvalue weighted by molar-refractivity contribution is 5.83. The van der Waals surface area contributed by atoms with E-state index in [1.54, 1.807) is 26.0 Å². The van der Waals surface area contributed by atoms with Crippen molar-refractivity contribution in [1.29, 1.82) is 0 Å². The number of rotatable bonds is 4. The molecule has 1 aliphatic heterocycles. The topological polar surface area (TPSA) is 64.1 Å². The third-order valence-electron chi connectivity index (χ3n) is 6.01. The molecule has 1 aliphatic rings. The Bertz CT molecular complexity index is 1200. The molecule has 2 N–H and O–H groups in total. The first-order chi connectivity index (χ1) is 15.6. The molecule has 8 heteroatoms. The molecule has 2 aromatic carbocycles. The number of hydrogen-bond acceptors (Lipinski definition) is 4. The van der Waals surface area contributed by atoms with Crippen LogP contribution in [0.25, 0.3) is 11.0 Å². The van der Waals surface area contributed by atoms with Crippen LogP contribution in [0.3, 0.4) is 0 Å². The summed E-state index contributed by atoms with van der Waals surface area (Å²) in [7, 11) is 0. The van der Waals surface area contributed by atoms with Gasteiger partial charge in [-0.05, 0) is 74.9 Å². The van der Waals surface area contributed by atoms with Gasteiger partial charge in [0.25, 0.3) is 5.76 Å². The molecule has 1 fully saturated rings. The summed E-state index contributed by atoms with van der Waals surface area (Å²) in [5, 5.41) is 10.4. The number of phenols is 1. The molecule has 0 aliphatic carbocycles. The van der Waals surface area contributed by atoms with Crippen molar-refractivity contribution in [2.45, 2.75) is 52.3 Å². The molecule has 0 radical (unpaired) electrons. The summed E-state index contributed by atoms with van der Waals surface area (Å²) >= 11 is 0. The Morgan fingerprint density at radius 1 is 1.03 bits per heavy atom. The number of benzene rings is 2. The fraction of sp³-hybridized carbons (Fsp3) is 0.400. The molecule has 176 valence electrons. The molecule has 0 amide bonds. The van der Waals surface area contributed by atoms with E-state index in [2.05, 4.69) is 0 Å². The molecule has 0 atom stereocenters. The summed E-state index contributed by atoms with van der Waals surface area (Å²) < 4.78 is 52.8. The lowest BCUT2D eigenvalue weighted by Crippen LogP contribution is -3.10. The standard InChI is InChI=1S/C25H26F3NO4/c1-15-11-16(2)13-17(12-15)32-23-21(31)18-7-8-20(30)19(14-29-9-5-3-4-6-10-29)22(18)33-24(23)25(26,27)28/h7-8,11-13,30H,3-6,9-10,14H2,1-2H3/p+1. The van der Waals surface area contributed by atoms with Crippen molar-refractivity contribution in [2.75, 3.05) is 13.1 Å². The zero-order valence-electron chi connectivity index (χ0n) is 18.6. The minimum atomic E-state index is -4.96. The molecule has 4 rings (SSSR count). The number of nitrogens with one attached hydrogen (secondary N) is 1. The second kappa shape index (κ2) is 9.09. The second-order valence-electron chi connectivity index (χ2n) is 8.79. The summed E-state index contributed by atoms with van der Waals surface area (Å²) in [5.41, 5.74) is 0.629. The Kier molecular flexibility index (Phi) is 6.38. The first-order valence-electron chi connectivity index (χ1n) is 11.1. The van der Waals surface area contributed by atoms with Crippen molar-refractivity contribution in [3.8, 4) is 17.2 Å². The highest BCUT2D eigenvalue weighted by Gasteiger charge is 2.41. The van der Waals surface area contributed by atoms with Gasteiger partial charge in [-0.25, -0.2) is 0 Å². The van der Waals surface area contributed by atoms with E-state index in [-0.39, 0.29) is 34.6 Å². The Morgan fingerprint density at radius 2 is 1.67 bits per heavy atom. The number of aromatic hydroxyl groups is 1. The van der Waals surface area contributed by atoms with Gasteiger partial charge in [-0.15, -0.1) is 0 Å². The zero-order chi connectivity index (χ0) is 23.8. The number of hydrogen-bond donors (Lipinski definition) is 2. The number of halogens is 3. The van der Waals surface area contributed by atoms with E-state index in [4.69, 9.17) is 9.15 Å². The van der Waals surface area contributed by atoms with Gasteiger partial charge in [0.1, 0.15) is 18.0 Å². The third kappa shape index (κ3) is 5.00. The first-order valence-corrected chi connectivity index (χ1v) is 11.1. The van der Waals surface area contributed by atoms with Gasteiger partial charge in [-0.2, -0.15) is 13.2 Å². The molecular formula is C25H27F3NO4+. The van der Waals surface area contributed by atoms with Crippen LogP contribution in [-0.2, 0) is 12.7 Å². The number of likely N-dealkylation sites (tertiary alicyclic amines) is 1. The van der Waals surface area contributed by atoms with Crippen LogP contribution in [0.4, 0.5) is 13.2 Å². The van der Waals surface area contributed by atoms with Crippen LogP contribution in [0.5, 0.6) is 17.2 Å². The highest BCUT2D eigenvalue weighted by atomic mass is 19.4. The molecule has 5 nitrogen and oxygen atoms in total. The van der Waals surface area contributed by atoms with Gasteiger partial charge in [-0.3, -0.25) is 4.79 Å². The Hall–Kier alpha value is -3.00. The van der Waals surface area contributed by atoms with E-state index in [1.807, 2.05) is 6.07 Å². The van der Waals surface area contributed by atoms with Crippen LogP contribution in [-0.4, -0.2) is 18.2 Å². The van der Waals surface area contributed by atoms with Crippen LogP contribution in [0.1, 0.15) is 48.1 Å². The largest absolute Gasteiger partial charge is 0.507 e. The minimum Gasteiger partial charge on any atom is -0.507 e. The van der Waals surface area contributed by atoms with E-state index < -0.39 is 23.1 Å². The summed E-state index contributed by atoms with van der Waals surface area (Å²) in [4.78, 5) is 14.3. The number of fused-ring (bicyclic) bond motifs is 1. The Labute approximate surface area is 189 Å². The zero-order valence-corrected chi connectivity index (χ0v) is 18.6. The fourth-order valence-corrected chi connectivity index (χ4v) is 4.50. The maximum absolute atomic E-state index is 14.0. The van der Waals surface area contributed by atoms with Gasteiger partial charge in [-0.1, -0.05) is 6.07 Å². The molecule has 2 heterocycles. The number of alkyl halides is 3. The fourth-order valence-electron chi connectivity index (χ4n) is 4.50. The minimum absolute atomic E-state index is 0.0515. The first kappa shape index (κ1) is 23.2. The van der Waals surface area contributed by atoms with Gasteiger partial charge >= 0.3 is 6.18 Å². The lowest BCUT2D eigenvalue weighted by molar-refractivity contribution is -0.913. The lowest BCUT2D eigenvalue weighted by atomic mass is 10.1. The third-order valence-corrected chi connectivity index (χ3v) is 6.01. The number of phenolic OH excluding ortho intramolecular Hbond substituents is 1. The highest BCUT2D eigenvalue weighted by Crippen LogP contribution is 2.40. The molecule has 0 spiro atoms. The maximum atomic E-state index is 14.0. The molecular weight excluding hydrogens is 435 g/mol. The summed E-state index contributed by atoms with van der Waals surface area (Å²) in [6, 6.07) is 7.58. The van der Waals surface area contributed by atoms with Gasteiger partial charge in [0, 0.05) is 0 Å². The van der Waals surface area contributed by atoms with Gasteiger partial charge in [0.15, 0.2) is 5.58 Å². The molecule has 33 heavy (non-hydrogen) atoms. The van der Waals surface area contributed by atoms with Crippen LogP contribution < -0.4 is 15.1 Å². The predicted molar refractivity (Wildman–Crippen MR) is 118 cm³/mol. The van der Waals surface area contributed by atoms with Gasteiger partial charge in [0.05, 0.1) is 24.0 Å². The monoisotopic (exact) mass is 462 g/mol. The molecule has 1 aromatic heterocycles. The lowest BCUT2D eigenvalue weighted by Gasteiger charge is -2.19. The summed E-state index contributed by atoms with van der Waals surface area (Å²) in [6.07, 6.45) is -0.728. The van der Waals surface area contributed by atoms with Crippen LogP contribution >= 0.6 is 0 Å². The van der Waals surface area contributed by atoms with Crippen LogP contribution in [0.15, 0.2) is 39.5 Å². The van der Waals surface area contributed by atoms with E-state index in [0.29, 0.717) is 0 Å². The van der Waals surface area contributed by atoms with E-state index >= 15 is 0 Å². The van der Waals surface area contributed by atoms with E-state index in [0.717, 1.165) is 54.8 Å². The number of quaternary nitrogens is 1. The summed E-state index contributed by atoms with van der Waals surface area (Å²) in [5.74, 6) is -2.47. The number of aryl methyl sites for hydroxylation is 2. The van der Waals surface area contributed by atoms with Gasteiger partial charge < -0.3 is 19.2 Å². The SMILES string of the molecule is Cc1cc(C)cc(Oc2c(C(F)(F)F)oc3c(C[NH+]4CCCCCC4)c(O)ccc3c2=O)c1.